The zero-order valence-electron chi connectivity index (χ0n) is 9.33. The van der Waals surface area contributed by atoms with Crippen LogP contribution in [0.5, 0.6) is 0 Å². The molecule has 1 N–H and O–H groups in total. The zero-order valence-corrected chi connectivity index (χ0v) is 10.9. The Morgan fingerprint density at radius 2 is 1.93 bits per heavy atom. The van der Waals surface area contributed by atoms with Crippen LogP contribution in [-0.4, -0.2) is 6.04 Å². The van der Waals surface area contributed by atoms with E-state index >= 15 is 0 Å². The minimum atomic E-state index is 0.382. The lowest BCUT2D eigenvalue weighted by Crippen LogP contribution is -2.28. The number of hydrogen-bond acceptors (Lipinski definition) is 1. The molecular weight excluding hydrogens is 250 g/mol. The van der Waals surface area contributed by atoms with Gasteiger partial charge in [0.1, 0.15) is 0 Å². The van der Waals surface area contributed by atoms with Gasteiger partial charge in [-0.1, -0.05) is 34.1 Å². The quantitative estimate of drug-likeness (QED) is 0.794. The first kappa shape index (κ1) is 12.5. The second-order valence-corrected chi connectivity index (χ2v) is 4.78. The van der Waals surface area contributed by atoms with E-state index in [1.165, 1.54) is 5.56 Å². The molecule has 0 amide bonds. The van der Waals surface area contributed by atoms with Gasteiger partial charge in [-0.2, -0.15) is 0 Å². The van der Waals surface area contributed by atoms with E-state index in [2.05, 4.69) is 65.9 Å². The van der Waals surface area contributed by atoms with Crippen LogP contribution in [0.15, 0.2) is 41.4 Å². The Morgan fingerprint density at radius 1 is 1.33 bits per heavy atom. The van der Waals surface area contributed by atoms with E-state index in [-0.39, 0.29) is 0 Å². The molecule has 15 heavy (non-hydrogen) atoms. The number of hydrogen-bond donors (Lipinski definition) is 1. The van der Waals surface area contributed by atoms with Gasteiger partial charge in [0, 0.05) is 16.6 Å². The lowest BCUT2D eigenvalue weighted by molar-refractivity contribution is 0.482. The van der Waals surface area contributed by atoms with Crippen LogP contribution in [0.3, 0.4) is 0 Å². The second kappa shape index (κ2) is 6.09. The number of nitrogens with one attached hydrogen (secondary N) is 1. The fourth-order valence-corrected chi connectivity index (χ4v) is 1.86. The molecule has 0 radical (unpaired) electrons. The van der Waals surface area contributed by atoms with Crippen LogP contribution in [-0.2, 0) is 0 Å². The summed E-state index contributed by atoms with van der Waals surface area (Å²) in [5.41, 5.74) is 1.31. The summed E-state index contributed by atoms with van der Waals surface area (Å²) in [6.45, 7) is 8.11. The Morgan fingerprint density at radius 3 is 2.47 bits per heavy atom. The average molecular weight is 268 g/mol. The van der Waals surface area contributed by atoms with Crippen molar-refractivity contribution in [3.05, 3.63) is 47.0 Å². The SMILES string of the molecule is C=CCC(C)NC(C)c1ccc(Br)cc1. The summed E-state index contributed by atoms with van der Waals surface area (Å²) in [7, 11) is 0. The number of benzene rings is 1. The Kier molecular flexibility index (Phi) is 5.06. The predicted octanol–water partition coefficient (Wildman–Crippen LogP) is 4.06. The average Bonchev–Trinajstić information content (AvgIpc) is 2.18. The van der Waals surface area contributed by atoms with Crippen molar-refractivity contribution < 1.29 is 0 Å². The van der Waals surface area contributed by atoms with Crippen LogP contribution in [0.2, 0.25) is 0 Å². The highest BCUT2D eigenvalue weighted by Crippen LogP contribution is 2.17. The van der Waals surface area contributed by atoms with Crippen molar-refractivity contribution in [2.75, 3.05) is 0 Å². The summed E-state index contributed by atoms with van der Waals surface area (Å²) in [4.78, 5) is 0. The summed E-state index contributed by atoms with van der Waals surface area (Å²) in [6, 6.07) is 9.29. The third kappa shape index (κ3) is 4.18. The molecule has 0 aliphatic heterocycles. The highest BCUT2D eigenvalue weighted by atomic mass is 79.9. The molecule has 1 nitrogen and oxygen atoms in total. The molecule has 0 aromatic heterocycles. The maximum atomic E-state index is 3.75. The van der Waals surface area contributed by atoms with Crippen LogP contribution in [0.1, 0.15) is 31.9 Å². The Balaban J connectivity index is 2.56. The molecule has 1 aromatic rings. The molecule has 0 saturated heterocycles. The van der Waals surface area contributed by atoms with Crippen molar-refractivity contribution >= 4 is 15.9 Å². The minimum Gasteiger partial charge on any atom is -0.307 e. The molecule has 2 unspecified atom stereocenters. The van der Waals surface area contributed by atoms with Crippen LogP contribution >= 0.6 is 15.9 Å². The fourth-order valence-electron chi connectivity index (χ4n) is 1.59. The van der Waals surface area contributed by atoms with Gasteiger partial charge >= 0.3 is 0 Å². The summed E-state index contributed by atoms with van der Waals surface area (Å²) in [6.07, 6.45) is 2.95. The standard InChI is InChI=1S/C13H18BrN/c1-4-5-10(2)15-11(3)12-6-8-13(14)9-7-12/h4,6-11,15H,1,5H2,2-3H3. The summed E-state index contributed by atoms with van der Waals surface area (Å²) >= 11 is 3.44. The van der Waals surface area contributed by atoms with E-state index < -0.39 is 0 Å². The molecule has 0 aliphatic carbocycles. The van der Waals surface area contributed by atoms with Crippen LogP contribution in [0.4, 0.5) is 0 Å². The summed E-state index contributed by atoms with van der Waals surface area (Å²) in [5, 5.41) is 3.53. The molecule has 0 bridgehead atoms. The molecule has 1 aromatic carbocycles. The Bertz CT molecular complexity index is 305. The van der Waals surface area contributed by atoms with Crippen LogP contribution in [0, 0.1) is 0 Å². The molecule has 0 fully saturated rings. The molecule has 1 rings (SSSR count). The van der Waals surface area contributed by atoms with Gasteiger partial charge in [0.25, 0.3) is 0 Å². The first-order valence-corrected chi connectivity index (χ1v) is 6.05. The first-order chi connectivity index (χ1) is 7.13. The van der Waals surface area contributed by atoms with Crippen LogP contribution < -0.4 is 5.32 Å². The Hall–Kier alpha value is -0.600. The number of halogens is 1. The van der Waals surface area contributed by atoms with Gasteiger partial charge in [-0.3, -0.25) is 0 Å². The van der Waals surface area contributed by atoms with Crippen molar-refractivity contribution in [1.29, 1.82) is 0 Å². The highest BCUT2D eigenvalue weighted by Gasteiger charge is 2.07. The second-order valence-electron chi connectivity index (χ2n) is 3.87. The molecule has 0 spiro atoms. The molecule has 0 saturated carbocycles. The third-order valence-electron chi connectivity index (χ3n) is 2.42. The van der Waals surface area contributed by atoms with Gasteiger partial charge < -0.3 is 5.32 Å². The van der Waals surface area contributed by atoms with Crippen molar-refractivity contribution in [3.8, 4) is 0 Å². The smallest absolute Gasteiger partial charge is 0.0294 e. The van der Waals surface area contributed by atoms with E-state index in [4.69, 9.17) is 0 Å². The van der Waals surface area contributed by atoms with E-state index in [0.717, 1.165) is 10.9 Å². The largest absolute Gasteiger partial charge is 0.307 e. The van der Waals surface area contributed by atoms with E-state index in [9.17, 15) is 0 Å². The molecule has 0 aliphatic rings. The molecule has 2 atom stereocenters. The Labute approximate surface area is 101 Å². The highest BCUT2D eigenvalue weighted by molar-refractivity contribution is 9.10. The summed E-state index contributed by atoms with van der Waals surface area (Å²) in [5.74, 6) is 0. The topological polar surface area (TPSA) is 12.0 Å². The molecule has 2 heteroatoms. The van der Waals surface area contributed by atoms with Crippen LogP contribution in [0.25, 0.3) is 0 Å². The van der Waals surface area contributed by atoms with Gasteiger partial charge in [0.15, 0.2) is 0 Å². The fraction of sp³-hybridized carbons (Fsp3) is 0.385. The maximum Gasteiger partial charge on any atom is 0.0294 e. The lowest BCUT2D eigenvalue weighted by atomic mass is 10.1. The monoisotopic (exact) mass is 267 g/mol. The first-order valence-electron chi connectivity index (χ1n) is 5.26. The third-order valence-corrected chi connectivity index (χ3v) is 2.95. The van der Waals surface area contributed by atoms with Gasteiger partial charge in [-0.05, 0) is 38.0 Å². The van der Waals surface area contributed by atoms with E-state index in [1.54, 1.807) is 0 Å². The van der Waals surface area contributed by atoms with Crippen molar-refractivity contribution in [1.82, 2.24) is 5.32 Å². The van der Waals surface area contributed by atoms with Crippen molar-refractivity contribution in [2.24, 2.45) is 0 Å². The number of rotatable bonds is 5. The predicted molar refractivity (Wildman–Crippen MR) is 70.0 cm³/mol. The lowest BCUT2D eigenvalue weighted by Gasteiger charge is -2.19. The van der Waals surface area contributed by atoms with E-state index in [0.29, 0.717) is 12.1 Å². The normalized spacial score (nSPS) is 14.6. The minimum absolute atomic E-state index is 0.382. The van der Waals surface area contributed by atoms with Gasteiger partial charge in [-0.25, -0.2) is 0 Å². The summed E-state index contributed by atoms with van der Waals surface area (Å²) < 4.78 is 1.12. The molecule has 0 heterocycles. The van der Waals surface area contributed by atoms with Crippen molar-refractivity contribution in [3.63, 3.8) is 0 Å². The van der Waals surface area contributed by atoms with Gasteiger partial charge in [0.2, 0.25) is 0 Å². The molecular formula is C13H18BrN. The van der Waals surface area contributed by atoms with E-state index in [1.807, 2.05) is 6.08 Å². The maximum absolute atomic E-state index is 3.75. The zero-order chi connectivity index (χ0) is 11.3. The molecule has 82 valence electrons. The van der Waals surface area contributed by atoms with Gasteiger partial charge in [-0.15, -0.1) is 6.58 Å². The van der Waals surface area contributed by atoms with Gasteiger partial charge in [0.05, 0.1) is 0 Å². The van der Waals surface area contributed by atoms with Crippen molar-refractivity contribution in [2.45, 2.75) is 32.4 Å².